The summed E-state index contributed by atoms with van der Waals surface area (Å²) in [6.45, 7) is 1.97. The Bertz CT molecular complexity index is 126. The molecule has 2 nitrogen and oxygen atoms in total. The van der Waals surface area contributed by atoms with Crippen LogP contribution < -0.4 is 5.73 Å². The van der Waals surface area contributed by atoms with Crippen molar-refractivity contribution in [1.82, 2.24) is 0 Å². The highest BCUT2D eigenvalue weighted by molar-refractivity contribution is 7.85. The van der Waals surface area contributed by atoms with E-state index in [1.807, 2.05) is 6.92 Å². The molecule has 0 spiro atoms. The van der Waals surface area contributed by atoms with Crippen LogP contribution in [0.5, 0.6) is 0 Å². The molecule has 0 bridgehead atoms. The largest absolute Gasteiger partial charge is 0.327 e. The highest BCUT2D eigenvalue weighted by Crippen LogP contribution is 2.13. The molecule has 1 saturated heterocycles. The molecule has 1 aliphatic rings. The van der Waals surface area contributed by atoms with Crippen LogP contribution in [0.3, 0.4) is 0 Å². The van der Waals surface area contributed by atoms with Gasteiger partial charge in [-0.2, -0.15) is 0 Å². The minimum atomic E-state index is -0.640. The Kier molecular flexibility index (Phi) is 2.24. The van der Waals surface area contributed by atoms with E-state index in [-0.39, 0.29) is 11.3 Å². The van der Waals surface area contributed by atoms with Gasteiger partial charge >= 0.3 is 0 Å². The van der Waals surface area contributed by atoms with Crippen LogP contribution in [-0.4, -0.2) is 21.3 Å². The van der Waals surface area contributed by atoms with Crippen molar-refractivity contribution in [2.24, 2.45) is 5.73 Å². The fraction of sp³-hybridized carbons (Fsp3) is 1.00. The van der Waals surface area contributed by atoms with Crippen LogP contribution in [0.15, 0.2) is 0 Å². The van der Waals surface area contributed by atoms with Crippen LogP contribution in [-0.2, 0) is 10.8 Å². The molecule has 1 aliphatic heterocycles. The van der Waals surface area contributed by atoms with E-state index in [2.05, 4.69) is 0 Å². The summed E-state index contributed by atoms with van der Waals surface area (Å²) in [6, 6.07) is 0.180. The van der Waals surface area contributed by atoms with Crippen LogP contribution in [0.4, 0.5) is 0 Å². The van der Waals surface area contributed by atoms with Gasteiger partial charge in [-0.25, -0.2) is 0 Å². The number of nitrogens with two attached hydrogens (primary N) is 1. The van der Waals surface area contributed by atoms with E-state index in [0.717, 1.165) is 18.6 Å². The van der Waals surface area contributed by atoms with Crippen LogP contribution >= 0.6 is 0 Å². The molecule has 0 aromatic carbocycles. The van der Waals surface area contributed by atoms with Crippen molar-refractivity contribution < 1.29 is 4.21 Å². The molecule has 0 radical (unpaired) electrons. The van der Waals surface area contributed by atoms with Gasteiger partial charge in [-0.3, -0.25) is 4.21 Å². The highest BCUT2D eigenvalue weighted by Gasteiger charge is 2.23. The van der Waals surface area contributed by atoms with E-state index in [9.17, 15) is 4.21 Å². The molecule has 0 aliphatic carbocycles. The summed E-state index contributed by atoms with van der Waals surface area (Å²) in [5.74, 6) is 0.856. The van der Waals surface area contributed by atoms with Crippen molar-refractivity contribution in [3.63, 3.8) is 0 Å². The van der Waals surface area contributed by atoms with E-state index in [4.69, 9.17) is 5.73 Å². The van der Waals surface area contributed by atoms with Crippen molar-refractivity contribution in [2.45, 2.75) is 31.1 Å². The van der Waals surface area contributed by atoms with Gasteiger partial charge < -0.3 is 5.73 Å². The molecule has 54 valence electrons. The molecular formula is C6H13NOS. The Labute approximate surface area is 58.3 Å². The predicted molar refractivity (Wildman–Crippen MR) is 39.7 cm³/mol. The lowest BCUT2D eigenvalue weighted by molar-refractivity contribution is 0.554. The summed E-state index contributed by atoms with van der Waals surface area (Å²) >= 11 is 0. The zero-order valence-electron chi connectivity index (χ0n) is 5.67. The van der Waals surface area contributed by atoms with Crippen LogP contribution in [0, 0.1) is 0 Å². The third kappa shape index (κ3) is 1.52. The van der Waals surface area contributed by atoms with Gasteiger partial charge in [0.1, 0.15) is 0 Å². The Morgan fingerprint density at radius 2 is 2.33 bits per heavy atom. The van der Waals surface area contributed by atoms with Gasteiger partial charge in [-0.05, 0) is 19.8 Å². The average molecular weight is 147 g/mol. The maximum atomic E-state index is 11.0. The molecule has 1 rings (SSSR count). The Balaban J connectivity index is 2.51. The quantitative estimate of drug-likeness (QED) is 0.533. The minimum Gasteiger partial charge on any atom is -0.327 e. The molecule has 9 heavy (non-hydrogen) atoms. The summed E-state index contributed by atoms with van der Waals surface area (Å²) in [6.07, 6.45) is 2.09. The first-order chi connectivity index (χ1) is 4.22. The van der Waals surface area contributed by atoms with Crippen LogP contribution in [0.2, 0.25) is 0 Å². The second kappa shape index (κ2) is 2.80. The fourth-order valence-electron chi connectivity index (χ4n) is 1.08. The molecule has 0 saturated carbocycles. The normalized spacial score (nSPS) is 44.9. The van der Waals surface area contributed by atoms with Gasteiger partial charge in [0.15, 0.2) is 0 Å². The van der Waals surface area contributed by atoms with Crippen molar-refractivity contribution in [1.29, 1.82) is 0 Å². The molecule has 3 heteroatoms. The first kappa shape index (κ1) is 7.22. The van der Waals surface area contributed by atoms with Crippen molar-refractivity contribution in [3.05, 3.63) is 0 Å². The van der Waals surface area contributed by atoms with Crippen molar-refractivity contribution in [2.75, 3.05) is 5.75 Å². The number of rotatable bonds is 0. The molecule has 1 fully saturated rings. The summed E-state index contributed by atoms with van der Waals surface area (Å²) < 4.78 is 11.0. The molecular weight excluding hydrogens is 134 g/mol. The first-order valence-electron chi connectivity index (χ1n) is 3.34. The standard InChI is InChI=1S/C6H13NOS/c1-5-6(7)3-2-4-9(5)8/h5-6H,2-4,7H2,1H3. The van der Waals surface area contributed by atoms with E-state index < -0.39 is 10.8 Å². The number of hydrogen-bond donors (Lipinski definition) is 1. The molecule has 0 aromatic rings. The van der Waals surface area contributed by atoms with Crippen molar-refractivity contribution >= 4 is 10.8 Å². The van der Waals surface area contributed by atoms with Gasteiger partial charge in [0, 0.05) is 27.8 Å². The lowest BCUT2D eigenvalue weighted by Crippen LogP contribution is -2.40. The van der Waals surface area contributed by atoms with Gasteiger partial charge in [-0.15, -0.1) is 0 Å². The second-order valence-electron chi connectivity index (χ2n) is 2.60. The third-order valence-electron chi connectivity index (χ3n) is 1.90. The van der Waals surface area contributed by atoms with E-state index in [0.29, 0.717) is 0 Å². The molecule has 3 atom stereocenters. The zero-order valence-corrected chi connectivity index (χ0v) is 6.49. The maximum absolute atomic E-state index is 11.0. The summed E-state index contributed by atoms with van der Waals surface area (Å²) in [5.41, 5.74) is 5.68. The van der Waals surface area contributed by atoms with E-state index in [1.165, 1.54) is 0 Å². The van der Waals surface area contributed by atoms with Crippen LogP contribution in [0.1, 0.15) is 19.8 Å². The lowest BCUT2D eigenvalue weighted by atomic mass is 10.1. The van der Waals surface area contributed by atoms with Gasteiger partial charge in [-0.1, -0.05) is 0 Å². The molecule has 2 N–H and O–H groups in total. The number of hydrogen-bond acceptors (Lipinski definition) is 2. The molecule has 3 unspecified atom stereocenters. The predicted octanol–water partition coefficient (Wildman–Crippen LogP) is 0.245. The first-order valence-corrected chi connectivity index (χ1v) is 4.73. The van der Waals surface area contributed by atoms with Crippen molar-refractivity contribution in [3.8, 4) is 0 Å². The fourth-order valence-corrected chi connectivity index (χ4v) is 2.43. The molecule has 0 aromatic heterocycles. The minimum absolute atomic E-state index is 0.180. The van der Waals surface area contributed by atoms with E-state index in [1.54, 1.807) is 0 Å². The zero-order chi connectivity index (χ0) is 6.85. The summed E-state index contributed by atoms with van der Waals surface area (Å²) in [7, 11) is -0.640. The third-order valence-corrected chi connectivity index (χ3v) is 3.77. The smallest absolute Gasteiger partial charge is 0.0470 e. The summed E-state index contributed by atoms with van der Waals surface area (Å²) in [4.78, 5) is 0. The Hall–Kier alpha value is 0.110. The Morgan fingerprint density at radius 3 is 2.78 bits per heavy atom. The van der Waals surface area contributed by atoms with Gasteiger partial charge in [0.25, 0.3) is 0 Å². The lowest BCUT2D eigenvalue weighted by Gasteiger charge is -2.23. The monoisotopic (exact) mass is 147 g/mol. The topological polar surface area (TPSA) is 43.1 Å². The van der Waals surface area contributed by atoms with Gasteiger partial charge in [0.2, 0.25) is 0 Å². The van der Waals surface area contributed by atoms with Crippen LogP contribution in [0.25, 0.3) is 0 Å². The maximum Gasteiger partial charge on any atom is 0.0470 e. The summed E-state index contributed by atoms with van der Waals surface area (Å²) in [5, 5.41) is 0.221. The highest BCUT2D eigenvalue weighted by atomic mass is 32.2. The average Bonchev–Trinajstić information content (AvgIpc) is 1.83. The Morgan fingerprint density at radius 1 is 1.67 bits per heavy atom. The van der Waals surface area contributed by atoms with E-state index >= 15 is 0 Å². The van der Waals surface area contributed by atoms with Gasteiger partial charge in [0.05, 0.1) is 0 Å². The second-order valence-corrected chi connectivity index (χ2v) is 4.51. The molecule has 0 amide bonds. The SMILES string of the molecule is CC1C(N)CCCS1=O. The molecule has 1 heterocycles.